The topological polar surface area (TPSA) is 35.5 Å². The van der Waals surface area contributed by atoms with Gasteiger partial charge in [0.1, 0.15) is 0 Å². The molecular formula is C8H14N2O. The molecule has 2 N–H and O–H groups in total. The van der Waals surface area contributed by atoms with Crippen LogP contribution in [0.2, 0.25) is 0 Å². The third-order valence-electron chi connectivity index (χ3n) is 1.82. The fourth-order valence-electron chi connectivity index (χ4n) is 1.10. The molecule has 0 saturated heterocycles. The van der Waals surface area contributed by atoms with Gasteiger partial charge in [-0.1, -0.05) is 13.0 Å². The first-order valence-corrected chi connectivity index (χ1v) is 3.80. The second kappa shape index (κ2) is 3.55. The smallest absolute Gasteiger partial charge is 0.162 e. The molecule has 1 aliphatic rings. The van der Waals surface area contributed by atoms with Crippen LogP contribution in [0.1, 0.15) is 13.3 Å². The van der Waals surface area contributed by atoms with Gasteiger partial charge in [-0.3, -0.25) is 5.01 Å². The molecule has 0 bridgehead atoms. The predicted octanol–water partition coefficient (Wildman–Crippen LogP) is 0.605. The van der Waals surface area contributed by atoms with Crippen LogP contribution in [0.4, 0.5) is 0 Å². The fourth-order valence-corrected chi connectivity index (χ4v) is 1.10. The molecule has 1 aliphatic heterocycles. The van der Waals surface area contributed by atoms with Crippen molar-refractivity contribution in [2.75, 3.05) is 7.05 Å². The van der Waals surface area contributed by atoms with Crippen molar-refractivity contribution < 1.29 is 5.11 Å². The molecule has 1 heterocycles. The lowest BCUT2D eigenvalue weighted by Crippen LogP contribution is -2.41. The van der Waals surface area contributed by atoms with E-state index in [2.05, 4.69) is 5.43 Å². The van der Waals surface area contributed by atoms with Gasteiger partial charge < -0.3 is 5.11 Å². The minimum Gasteiger partial charge on any atom is -0.368 e. The second-order valence-electron chi connectivity index (χ2n) is 2.44. The Hall–Kier alpha value is -0.800. The fraction of sp³-hybridized carbons (Fsp3) is 0.500. The van der Waals surface area contributed by atoms with E-state index in [1.54, 1.807) is 12.1 Å². The summed E-state index contributed by atoms with van der Waals surface area (Å²) < 4.78 is 0. The van der Waals surface area contributed by atoms with Crippen molar-refractivity contribution in [1.29, 1.82) is 0 Å². The van der Waals surface area contributed by atoms with Gasteiger partial charge >= 0.3 is 0 Å². The van der Waals surface area contributed by atoms with Gasteiger partial charge in [-0.2, -0.15) is 0 Å². The predicted molar refractivity (Wildman–Crippen MR) is 44.4 cm³/mol. The maximum Gasteiger partial charge on any atom is 0.162 e. The number of rotatable bonds is 2. The van der Waals surface area contributed by atoms with E-state index in [1.807, 2.05) is 25.3 Å². The number of nitrogens with one attached hydrogen (secondary N) is 1. The molecule has 0 aromatic rings. The molecule has 0 aromatic heterocycles. The maximum absolute atomic E-state index is 9.57. The van der Waals surface area contributed by atoms with Gasteiger partial charge in [0.2, 0.25) is 0 Å². The first kappa shape index (κ1) is 8.30. The lowest BCUT2D eigenvalue weighted by Gasteiger charge is -2.29. The SMILES string of the molecule is CCC1=CC=CN(NC)C1O. The van der Waals surface area contributed by atoms with Crippen LogP contribution in [0.5, 0.6) is 0 Å². The molecule has 0 aliphatic carbocycles. The Morgan fingerprint density at radius 3 is 3.00 bits per heavy atom. The summed E-state index contributed by atoms with van der Waals surface area (Å²) in [7, 11) is 1.78. The lowest BCUT2D eigenvalue weighted by molar-refractivity contribution is 0.0358. The molecule has 0 aromatic carbocycles. The summed E-state index contributed by atoms with van der Waals surface area (Å²) in [6, 6.07) is 0. The van der Waals surface area contributed by atoms with Crippen LogP contribution in [0, 0.1) is 0 Å². The van der Waals surface area contributed by atoms with Gasteiger partial charge in [-0.15, -0.1) is 0 Å². The number of aliphatic hydroxyl groups is 1. The van der Waals surface area contributed by atoms with Crippen molar-refractivity contribution in [3.05, 3.63) is 23.9 Å². The zero-order valence-electron chi connectivity index (χ0n) is 6.91. The Kier molecular flexibility index (Phi) is 2.68. The molecule has 0 spiro atoms. The Labute approximate surface area is 67.0 Å². The van der Waals surface area contributed by atoms with Crippen molar-refractivity contribution in [3.8, 4) is 0 Å². The molecule has 0 amide bonds. The zero-order chi connectivity index (χ0) is 8.27. The highest BCUT2D eigenvalue weighted by Gasteiger charge is 2.15. The second-order valence-corrected chi connectivity index (χ2v) is 2.44. The highest BCUT2D eigenvalue weighted by Crippen LogP contribution is 2.14. The average molecular weight is 154 g/mol. The summed E-state index contributed by atoms with van der Waals surface area (Å²) in [5.74, 6) is 0. The van der Waals surface area contributed by atoms with Crippen LogP contribution >= 0.6 is 0 Å². The van der Waals surface area contributed by atoms with Gasteiger partial charge in [-0.05, 0) is 18.1 Å². The molecule has 0 saturated carbocycles. The molecule has 62 valence electrons. The summed E-state index contributed by atoms with van der Waals surface area (Å²) in [5, 5.41) is 11.2. The van der Waals surface area contributed by atoms with Crippen molar-refractivity contribution in [3.63, 3.8) is 0 Å². The summed E-state index contributed by atoms with van der Waals surface area (Å²) in [6.45, 7) is 2.03. The monoisotopic (exact) mass is 154 g/mol. The van der Waals surface area contributed by atoms with E-state index in [9.17, 15) is 5.11 Å². The molecular weight excluding hydrogens is 140 g/mol. The van der Waals surface area contributed by atoms with Gasteiger partial charge in [0.05, 0.1) is 0 Å². The molecule has 3 nitrogen and oxygen atoms in total. The van der Waals surface area contributed by atoms with Gasteiger partial charge in [0.25, 0.3) is 0 Å². The third-order valence-corrected chi connectivity index (χ3v) is 1.82. The van der Waals surface area contributed by atoms with E-state index in [0.29, 0.717) is 0 Å². The number of nitrogens with zero attached hydrogens (tertiary/aromatic N) is 1. The first-order valence-electron chi connectivity index (χ1n) is 3.80. The van der Waals surface area contributed by atoms with Crippen molar-refractivity contribution in [2.24, 2.45) is 0 Å². The molecule has 1 rings (SSSR count). The number of hydrazine groups is 1. The minimum atomic E-state index is -0.505. The van der Waals surface area contributed by atoms with Gasteiger partial charge in [0.15, 0.2) is 6.23 Å². The van der Waals surface area contributed by atoms with E-state index < -0.39 is 6.23 Å². The minimum absolute atomic E-state index is 0.505. The normalized spacial score (nSPS) is 23.7. The molecule has 0 fully saturated rings. The number of aliphatic hydroxyl groups excluding tert-OH is 1. The number of allylic oxidation sites excluding steroid dienone is 2. The Balaban J connectivity index is 2.68. The largest absolute Gasteiger partial charge is 0.368 e. The summed E-state index contributed by atoms with van der Waals surface area (Å²) in [5.41, 5.74) is 3.90. The first-order chi connectivity index (χ1) is 5.29. The van der Waals surface area contributed by atoms with Crippen LogP contribution in [0.3, 0.4) is 0 Å². The Morgan fingerprint density at radius 2 is 2.45 bits per heavy atom. The van der Waals surface area contributed by atoms with Gasteiger partial charge in [-0.25, -0.2) is 5.43 Å². The third kappa shape index (κ3) is 1.61. The van der Waals surface area contributed by atoms with Crippen LogP contribution in [0.15, 0.2) is 23.9 Å². The van der Waals surface area contributed by atoms with Crippen molar-refractivity contribution in [2.45, 2.75) is 19.6 Å². The van der Waals surface area contributed by atoms with E-state index >= 15 is 0 Å². The van der Waals surface area contributed by atoms with Crippen LogP contribution in [-0.4, -0.2) is 23.4 Å². The highest BCUT2D eigenvalue weighted by atomic mass is 16.3. The van der Waals surface area contributed by atoms with E-state index in [-0.39, 0.29) is 0 Å². The molecule has 0 radical (unpaired) electrons. The Bertz CT molecular complexity index is 187. The Morgan fingerprint density at radius 1 is 1.73 bits per heavy atom. The number of hydrogen-bond donors (Lipinski definition) is 2. The van der Waals surface area contributed by atoms with E-state index in [0.717, 1.165) is 12.0 Å². The molecule has 1 unspecified atom stereocenters. The molecule has 1 atom stereocenters. The summed E-state index contributed by atoms with van der Waals surface area (Å²) in [4.78, 5) is 0. The van der Waals surface area contributed by atoms with Crippen molar-refractivity contribution >= 4 is 0 Å². The van der Waals surface area contributed by atoms with Crippen LogP contribution < -0.4 is 5.43 Å². The zero-order valence-corrected chi connectivity index (χ0v) is 6.91. The standard InChI is InChI=1S/C8H14N2O/c1-3-7-5-4-6-10(9-2)8(7)11/h4-6,8-9,11H,3H2,1-2H3. The summed E-state index contributed by atoms with van der Waals surface area (Å²) >= 11 is 0. The quantitative estimate of drug-likeness (QED) is 0.611. The highest BCUT2D eigenvalue weighted by molar-refractivity contribution is 5.19. The van der Waals surface area contributed by atoms with Crippen LogP contribution in [0.25, 0.3) is 0 Å². The molecule has 11 heavy (non-hydrogen) atoms. The lowest BCUT2D eigenvalue weighted by atomic mass is 10.1. The number of hydrogen-bond acceptors (Lipinski definition) is 3. The van der Waals surface area contributed by atoms with E-state index in [4.69, 9.17) is 0 Å². The average Bonchev–Trinajstić information content (AvgIpc) is 2.05. The maximum atomic E-state index is 9.57. The van der Waals surface area contributed by atoms with Crippen molar-refractivity contribution in [1.82, 2.24) is 10.4 Å². The van der Waals surface area contributed by atoms with Gasteiger partial charge in [0, 0.05) is 13.2 Å². The van der Waals surface area contributed by atoms with E-state index in [1.165, 1.54) is 0 Å². The molecule has 3 heteroatoms. The summed E-state index contributed by atoms with van der Waals surface area (Å²) in [6.07, 6.45) is 6.05. The van der Waals surface area contributed by atoms with Crippen LogP contribution in [-0.2, 0) is 0 Å².